The molecule has 1 aliphatic rings. The Morgan fingerprint density at radius 1 is 1.23 bits per heavy atom. The summed E-state index contributed by atoms with van der Waals surface area (Å²) in [5.41, 5.74) is 0.473. The number of carbonyl (C=O) groups is 1. The molecule has 0 unspecified atom stereocenters. The number of nitrogens with zero attached hydrogens (tertiary/aromatic N) is 1. The van der Waals surface area contributed by atoms with E-state index in [-0.39, 0.29) is 29.7 Å². The number of fused-ring (bicyclic) bond motifs is 1. The Bertz CT molecular complexity index is 826. The molecular formula is C14H13N3O4S. The summed E-state index contributed by atoms with van der Waals surface area (Å²) >= 11 is 0. The van der Waals surface area contributed by atoms with Crippen LogP contribution in [0.2, 0.25) is 0 Å². The highest BCUT2D eigenvalue weighted by molar-refractivity contribution is 7.90. The molecule has 2 aromatic rings. The highest BCUT2D eigenvalue weighted by Gasteiger charge is 2.30. The van der Waals surface area contributed by atoms with E-state index in [2.05, 4.69) is 15.0 Å². The number of rotatable bonds is 4. The standard InChI is InChI=1S/C14H13N3O4S/c18-13(15-8-10-4-3-7-21-10)9-16-14-11-5-1-2-6-12(11)22(19,20)17-14/h1-7H,8-9H2,(H,15,18)(H,16,17). The number of benzene rings is 1. The van der Waals surface area contributed by atoms with Gasteiger partial charge in [-0.3, -0.25) is 14.5 Å². The lowest BCUT2D eigenvalue weighted by molar-refractivity contribution is -0.119. The van der Waals surface area contributed by atoms with Crippen LogP contribution < -0.4 is 10.0 Å². The normalized spacial score (nSPS) is 17.0. The summed E-state index contributed by atoms with van der Waals surface area (Å²) in [5, 5.41) is 2.64. The second kappa shape index (κ2) is 5.64. The summed E-state index contributed by atoms with van der Waals surface area (Å²) < 4.78 is 31.2. The fourth-order valence-electron chi connectivity index (χ4n) is 2.06. The molecule has 0 radical (unpaired) electrons. The van der Waals surface area contributed by atoms with Crippen LogP contribution in [0.15, 0.2) is 57.0 Å². The predicted molar refractivity (Wildman–Crippen MR) is 78.7 cm³/mol. The van der Waals surface area contributed by atoms with Crippen LogP contribution in [0.3, 0.4) is 0 Å². The summed E-state index contributed by atoms with van der Waals surface area (Å²) in [6.07, 6.45) is 1.52. The lowest BCUT2D eigenvalue weighted by Gasteiger charge is -2.02. The van der Waals surface area contributed by atoms with Gasteiger partial charge in [0.1, 0.15) is 18.1 Å². The molecule has 1 aromatic carbocycles. The number of carbonyl (C=O) groups excluding carboxylic acids is 1. The van der Waals surface area contributed by atoms with Gasteiger partial charge < -0.3 is 9.73 Å². The Hall–Kier alpha value is -2.61. The van der Waals surface area contributed by atoms with Crippen molar-refractivity contribution >= 4 is 21.8 Å². The fourth-order valence-corrected chi connectivity index (χ4v) is 3.31. The van der Waals surface area contributed by atoms with Crippen LogP contribution in [0.25, 0.3) is 0 Å². The SMILES string of the molecule is O=C(CN=C1NS(=O)(=O)c2ccccc21)NCc1ccco1. The zero-order valence-electron chi connectivity index (χ0n) is 11.4. The van der Waals surface area contributed by atoms with Gasteiger partial charge in [-0.25, -0.2) is 8.42 Å². The minimum Gasteiger partial charge on any atom is -0.467 e. The van der Waals surface area contributed by atoms with Gasteiger partial charge in [0.25, 0.3) is 10.0 Å². The molecule has 0 saturated carbocycles. The third kappa shape index (κ3) is 2.86. The van der Waals surface area contributed by atoms with Crippen LogP contribution in [0.5, 0.6) is 0 Å². The van der Waals surface area contributed by atoms with E-state index in [0.717, 1.165) is 0 Å². The monoisotopic (exact) mass is 319 g/mol. The molecule has 0 spiro atoms. The first-order valence-corrected chi connectivity index (χ1v) is 8.00. The Labute approximate surface area is 127 Å². The molecule has 2 N–H and O–H groups in total. The molecule has 1 amide bonds. The molecule has 3 rings (SSSR count). The van der Waals surface area contributed by atoms with E-state index in [1.165, 1.54) is 12.3 Å². The van der Waals surface area contributed by atoms with Gasteiger partial charge in [0.05, 0.1) is 17.7 Å². The summed E-state index contributed by atoms with van der Waals surface area (Å²) in [6.45, 7) is 0.0892. The van der Waals surface area contributed by atoms with E-state index in [0.29, 0.717) is 11.3 Å². The van der Waals surface area contributed by atoms with Crippen molar-refractivity contribution in [3.63, 3.8) is 0 Å². The van der Waals surface area contributed by atoms with Gasteiger partial charge >= 0.3 is 0 Å². The van der Waals surface area contributed by atoms with E-state index >= 15 is 0 Å². The highest BCUT2D eigenvalue weighted by Crippen LogP contribution is 2.21. The first-order valence-electron chi connectivity index (χ1n) is 6.52. The highest BCUT2D eigenvalue weighted by atomic mass is 32.2. The van der Waals surface area contributed by atoms with Crippen LogP contribution in [0.4, 0.5) is 0 Å². The van der Waals surface area contributed by atoms with E-state index in [9.17, 15) is 13.2 Å². The maximum absolute atomic E-state index is 11.9. The maximum Gasteiger partial charge on any atom is 0.263 e. The van der Waals surface area contributed by atoms with Crippen molar-refractivity contribution in [2.45, 2.75) is 11.4 Å². The Kier molecular flexibility index (Phi) is 3.68. The molecule has 8 heteroatoms. The van der Waals surface area contributed by atoms with E-state index < -0.39 is 10.0 Å². The summed E-state index contributed by atoms with van der Waals surface area (Å²) in [5.74, 6) is 0.490. The van der Waals surface area contributed by atoms with Crippen molar-refractivity contribution in [1.29, 1.82) is 0 Å². The zero-order valence-corrected chi connectivity index (χ0v) is 12.3. The minimum atomic E-state index is -3.58. The van der Waals surface area contributed by atoms with Gasteiger partial charge in [0.15, 0.2) is 0 Å². The Morgan fingerprint density at radius 3 is 2.82 bits per heavy atom. The van der Waals surface area contributed by atoms with Crippen LogP contribution in [0, 0.1) is 0 Å². The van der Waals surface area contributed by atoms with Crippen molar-refractivity contribution in [3.8, 4) is 0 Å². The number of amidine groups is 1. The topological polar surface area (TPSA) is 101 Å². The number of furan rings is 1. The van der Waals surface area contributed by atoms with Crippen molar-refractivity contribution in [2.75, 3.05) is 6.54 Å². The predicted octanol–water partition coefficient (Wildman–Crippen LogP) is 0.634. The first-order chi connectivity index (χ1) is 10.6. The molecule has 1 aliphatic heterocycles. The molecule has 0 saturated heterocycles. The number of hydrogen-bond acceptors (Lipinski definition) is 5. The Morgan fingerprint density at radius 2 is 2.05 bits per heavy atom. The number of nitrogens with one attached hydrogen (secondary N) is 2. The molecule has 0 fully saturated rings. The van der Waals surface area contributed by atoms with Crippen molar-refractivity contribution in [1.82, 2.24) is 10.0 Å². The fraction of sp³-hybridized carbons (Fsp3) is 0.143. The van der Waals surface area contributed by atoms with E-state index in [1.807, 2.05) is 0 Å². The minimum absolute atomic E-state index is 0.171. The lowest BCUT2D eigenvalue weighted by Crippen LogP contribution is -2.27. The zero-order chi connectivity index (χ0) is 15.6. The van der Waals surface area contributed by atoms with Gasteiger partial charge in [-0.15, -0.1) is 0 Å². The molecular weight excluding hydrogens is 306 g/mol. The summed E-state index contributed by atoms with van der Waals surface area (Å²) in [7, 11) is -3.58. The second-order valence-corrected chi connectivity index (χ2v) is 6.27. The summed E-state index contributed by atoms with van der Waals surface area (Å²) in [4.78, 5) is 15.9. The second-order valence-electron chi connectivity index (χ2n) is 4.62. The van der Waals surface area contributed by atoms with Crippen LogP contribution >= 0.6 is 0 Å². The molecule has 1 aromatic heterocycles. The van der Waals surface area contributed by atoms with Gasteiger partial charge in [-0.05, 0) is 24.3 Å². The average Bonchev–Trinajstić information content (AvgIpc) is 3.10. The molecule has 0 bridgehead atoms. The van der Waals surface area contributed by atoms with Gasteiger partial charge in [-0.2, -0.15) is 0 Å². The van der Waals surface area contributed by atoms with Gasteiger partial charge in [0, 0.05) is 5.56 Å². The number of hydrogen-bond donors (Lipinski definition) is 2. The van der Waals surface area contributed by atoms with Gasteiger partial charge in [-0.1, -0.05) is 12.1 Å². The first kappa shape index (κ1) is 14.3. The molecule has 0 atom stereocenters. The van der Waals surface area contributed by atoms with Crippen LogP contribution in [0.1, 0.15) is 11.3 Å². The van der Waals surface area contributed by atoms with Gasteiger partial charge in [0.2, 0.25) is 5.91 Å². The van der Waals surface area contributed by atoms with Crippen molar-refractivity contribution in [2.24, 2.45) is 4.99 Å². The van der Waals surface area contributed by atoms with Crippen molar-refractivity contribution < 1.29 is 17.6 Å². The van der Waals surface area contributed by atoms with Crippen LogP contribution in [-0.2, 0) is 21.4 Å². The van der Waals surface area contributed by atoms with Crippen LogP contribution in [-0.4, -0.2) is 26.7 Å². The third-order valence-corrected chi connectivity index (χ3v) is 4.48. The Balaban J connectivity index is 1.68. The number of aliphatic imine (C=N–C) groups is 1. The molecule has 2 heterocycles. The van der Waals surface area contributed by atoms with E-state index in [4.69, 9.17) is 4.42 Å². The molecule has 22 heavy (non-hydrogen) atoms. The van der Waals surface area contributed by atoms with Crippen molar-refractivity contribution in [3.05, 3.63) is 54.0 Å². The average molecular weight is 319 g/mol. The lowest BCUT2D eigenvalue weighted by atomic mass is 10.2. The largest absolute Gasteiger partial charge is 0.467 e. The maximum atomic E-state index is 11.9. The third-order valence-electron chi connectivity index (χ3n) is 3.08. The summed E-state index contributed by atoms with van der Waals surface area (Å²) in [6, 6.07) is 9.97. The molecule has 0 aliphatic carbocycles. The number of amides is 1. The number of sulfonamides is 1. The quantitative estimate of drug-likeness (QED) is 0.863. The smallest absolute Gasteiger partial charge is 0.263 e. The molecule has 7 nitrogen and oxygen atoms in total. The van der Waals surface area contributed by atoms with E-state index in [1.54, 1.807) is 30.3 Å². The molecule has 114 valence electrons.